The maximum Gasteiger partial charge on any atom is 0.125 e. The molecule has 0 saturated carbocycles. The molecule has 0 radical (unpaired) electrons. The van der Waals surface area contributed by atoms with Gasteiger partial charge in [-0.3, -0.25) is 4.90 Å². The Labute approximate surface area is 66.3 Å². The fourth-order valence-electron chi connectivity index (χ4n) is 1.80. The van der Waals surface area contributed by atoms with Gasteiger partial charge >= 0.3 is 0 Å². The van der Waals surface area contributed by atoms with Gasteiger partial charge in [-0.05, 0) is 12.8 Å². The van der Waals surface area contributed by atoms with Gasteiger partial charge in [0.15, 0.2) is 0 Å². The van der Waals surface area contributed by atoms with E-state index in [2.05, 4.69) is 4.90 Å². The van der Waals surface area contributed by atoms with Crippen LogP contribution in [-0.4, -0.2) is 43.4 Å². The number of halogens is 1. The molecule has 2 fully saturated rings. The van der Waals surface area contributed by atoms with Crippen molar-refractivity contribution in [1.29, 1.82) is 0 Å². The SMILES string of the molecule is FC1CN(C2CCOCC2)C1. The van der Waals surface area contributed by atoms with E-state index in [1.165, 1.54) is 0 Å². The summed E-state index contributed by atoms with van der Waals surface area (Å²) in [6, 6.07) is 0.607. The molecular formula is C8H14FNO. The topological polar surface area (TPSA) is 12.5 Å². The fraction of sp³-hybridized carbons (Fsp3) is 1.00. The zero-order valence-corrected chi connectivity index (χ0v) is 6.63. The molecule has 3 heteroatoms. The van der Waals surface area contributed by atoms with E-state index in [9.17, 15) is 4.39 Å². The minimum Gasteiger partial charge on any atom is -0.381 e. The van der Waals surface area contributed by atoms with E-state index in [-0.39, 0.29) is 0 Å². The number of nitrogens with zero attached hydrogens (tertiary/aromatic N) is 1. The highest BCUT2D eigenvalue weighted by Crippen LogP contribution is 2.21. The predicted octanol–water partition coefficient (Wildman–Crippen LogP) is 0.819. The highest BCUT2D eigenvalue weighted by atomic mass is 19.1. The van der Waals surface area contributed by atoms with Gasteiger partial charge in [-0.2, -0.15) is 0 Å². The van der Waals surface area contributed by atoms with Gasteiger partial charge in [0, 0.05) is 32.3 Å². The Kier molecular flexibility index (Phi) is 2.09. The van der Waals surface area contributed by atoms with Crippen molar-refractivity contribution in [1.82, 2.24) is 4.90 Å². The van der Waals surface area contributed by atoms with Crippen LogP contribution >= 0.6 is 0 Å². The summed E-state index contributed by atoms with van der Waals surface area (Å²) < 4.78 is 17.7. The Morgan fingerprint density at radius 3 is 2.36 bits per heavy atom. The van der Waals surface area contributed by atoms with Crippen molar-refractivity contribution in [3.8, 4) is 0 Å². The van der Waals surface area contributed by atoms with Crippen LogP contribution in [0.2, 0.25) is 0 Å². The van der Waals surface area contributed by atoms with E-state index in [1.54, 1.807) is 0 Å². The number of ether oxygens (including phenoxy) is 1. The van der Waals surface area contributed by atoms with Crippen LogP contribution in [0.3, 0.4) is 0 Å². The third kappa shape index (κ3) is 1.54. The number of likely N-dealkylation sites (tertiary alicyclic amines) is 1. The van der Waals surface area contributed by atoms with Gasteiger partial charge in [-0.15, -0.1) is 0 Å². The van der Waals surface area contributed by atoms with Crippen LogP contribution in [0.1, 0.15) is 12.8 Å². The molecule has 2 aliphatic heterocycles. The molecule has 2 heterocycles. The molecule has 64 valence electrons. The number of hydrogen-bond donors (Lipinski definition) is 0. The third-order valence-electron chi connectivity index (χ3n) is 2.57. The zero-order chi connectivity index (χ0) is 7.68. The monoisotopic (exact) mass is 159 g/mol. The second-order valence-corrected chi connectivity index (χ2v) is 3.39. The summed E-state index contributed by atoms with van der Waals surface area (Å²) >= 11 is 0. The standard InChI is InChI=1S/C8H14FNO/c9-7-5-10(6-7)8-1-3-11-4-2-8/h7-8H,1-6H2. The average molecular weight is 159 g/mol. The van der Waals surface area contributed by atoms with Gasteiger partial charge in [0.1, 0.15) is 6.17 Å². The molecule has 2 aliphatic rings. The fourth-order valence-corrected chi connectivity index (χ4v) is 1.80. The molecule has 2 saturated heterocycles. The molecule has 0 aromatic heterocycles. The molecular weight excluding hydrogens is 145 g/mol. The Bertz CT molecular complexity index is 130. The molecule has 0 atom stereocenters. The molecule has 0 bridgehead atoms. The summed E-state index contributed by atoms with van der Waals surface area (Å²) in [7, 11) is 0. The largest absolute Gasteiger partial charge is 0.381 e. The van der Waals surface area contributed by atoms with E-state index in [0.717, 1.165) is 26.1 Å². The van der Waals surface area contributed by atoms with Gasteiger partial charge in [0.05, 0.1) is 0 Å². The predicted molar refractivity (Wildman–Crippen MR) is 40.3 cm³/mol. The molecule has 0 amide bonds. The van der Waals surface area contributed by atoms with Crippen LogP contribution in [0.5, 0.6) is 0 Å². The summed E-state index contributed by atoms with van der Waals surface area (Å²) in [5, 5.41) is 0. The van der Waals surface area contributed by atoms with Crippen LogP contribution in [0, 0.1) is 0 Å². The normalized spacial score (nSPS) is 30.3. The Balaban J connectivity index is 1.76. The maximum atomic E-state index is 12.4. The van der Waals surface area contributed by atoms with E-state index >= 15 is 0 Å². The van der Waals surface area contributed by atoms with E-state index in [4.69, 9.17) is 4.74 Å². The molecule has 2 nitrogen and oxygen atoms in total. The van der Waals surface area contributed by atoms with Gasteiger partial charge < -0.3 is 4.74 Å². The Morgan fingerprint density at radius 1 is 1.18 bits per heavy atom. The number of hydrogen-bond acceptors (Lipinski definition) is 2. The summed E-state index contributed by atoms with van der Waals surface area (Å²) in [4.78, 5) is 2.23. The lowest BCUT2D eigenvalue weighted by Crippen LogP contribution is -2.54. The highest BCUT2D eigenvalue weighted by Gasteiger charge is 2.32. The molecule has 0 spiro atoms. The first kappa shape index (κ1) is 7.50. The quantitative estimate of drug-likeness (QED) is 0.561. The first-order chi connectivity index (χ1) is 5.36. The van der Waals surface area contributed by atoms with E-state index in [1.807, 2.05) is 0 Å². The summed E-state index contributed by atoms with van der Waals surface area (Å²) in [6.45, 7) is 3.03. The van der Waals surface area contributed by atoms with Gasteiger partial charge in [0.2, 0.25) is 0 Å². The lowest BCUT2D eigenvalue weighted by Gasteiger charge is -2.42. The second-order valence-electron chi connectivity index (χ2n) is 3.39. The van der Waals surface area contributed by atoms with Crippen molar-refractivity contribution < 1.29 is 9.13 Å². The number of alkyl halides is 1. The van der Waals surface area contributed by atoms with Crippen molar-refractivity contribution >= 4 is 0 Å². The minimum absolute atomic E-state index is 0.558. The van der Waals surface area contributed by atoms with Gasteiger partial charge in [0.25, 0.3) is 0 Å². The summed E-state index contributed by atoms with van der Waals surface area (Å²) in [5.74, 6) is 0. The van der Waals surface area contributed by atoms with E-state index < -0.39 is 6.17 Å². The van der Waals surface area contributed by atoms with Gasteiger partial charge in [-0.1, -0.05) is 0 Å². The van der Waals surface area contributed by atoms with Crippen LogP contribution in [0.4, 0.5) is 4.39 Å². The average Bonchev–Trinajstić information content (AvgIpc) is 2.01. The molecule has 0 aliphatic carbocycles. The van der Waals surface area contributed by atoms with Crippen LogP contribution < -0.4 is 0 Å². The Morgan fingerprint density at radius 2 is 1.82 bits per heavy atom. The smallest absolute Gasteiger partial charge is 0.125 e. The van der Waals surface area contributed by atoms with Crippen molar-refractivity contribution in [2.45, 2.75) is 25.1 Å². The van der Waals surface area contributed by atoms with Crippen LogP contribution in [0.25, 0.3) is 0 Å². The molecule has 11 heavy (non-hydrogen) atoms. The first-order valence-electron chi connectivity index (χ1n) is 4.32. The number of rotatable bonds is 1. The van der Waals surface area contributed by atoms with Crippen LogP contribution in [-0.2, 0) is 4.74 Å². The Hall–Kier alpha value is -0.150. The second kappa shape index (κ2) is 3.07. The van der Waals surface area contributed by atoms with Crippen LogP contribution in [0.15, 0.2) is 0 Å². The lowest BCUT2D eigenvalue weighted by molar-refractivity contribution is -0.0253. The first-order valence-corrected chi connectivity index (χ1v) is 4.32. The molecule has 0 aromatic carbocycles. The highest BCUT2D eigenvalue weighted by molar-refractivity contribution is 4.86. The molecule has 0 aromatic rings. The third-order valence-corrected chi connectivity index (χ3v) is 2.57. The molecule has 0 N–H and O–H groups in total. The lowest BCUT2D eigenvalue weighted by atomic mass is 10.0. The van der Waals surface area contributed by atoms with Gasteiger partial charge in [-0.25, -0.2) is 4.39 Å². The zero-order valence-electron chi connectivity index (χ0n) is 6.63. The van der Waals surface area contributed by atoms with Crippen molar-refractivity contribution in [2.24, 2.45) is 0 Å². The van der Waals surface area contributed by atoms with Crippen molar-refractivity contribution in [2.75, 3.05) is 26.3 Å². The summed E-state index contributed by atoms with van der Waals surface area (Å²) in [6.07, 6.45) is 1.62. The molecule has 0 unspecified atom stereocenters. The van der Waals surface area contributed by atoms with E-state index in [0.29, 0.717) is 19.1 Å². The molecule has 2 rings (SSSR count). The summed E-state index contributed by atoms with van der Waals surface area (Å²) in [5.41, 5.74) is 0. The minimum atomic E-state index is -0.558. The maximum absolute atomic E-state index is 12.4. The van der Waals surface area contributed by atoms with Crippen molar-refractivity contribution in [3.63, 3.8) is 0 Å². The van der Waals surface area contributed by atoms with Crippen molar-refractivity contribution in [3.05, 3.63) is 0 Å².